The van der Waals surface area contributed by atoms with Gasteiger partial charge in [-0.2, -0.15) is 0 Å². The highest BCUT2D eigenvalue weighted by Crippen LogP contribution is 2.40. The molecule has 4 rings (SSSR count). The predicted molar refractivity (Wildman–Crippen MR) is 90.5 cm³/mol. The molecule has 0 saturated heterocycles. The molecular weight excluding hydrogens is 301 g/mol. The summed E-state index contributed by atoms with van der Waals surface area (Å²) in [4.78, 5) is 8.86. The molecule has 0 spiro atoms. The average Bonchev–Trinajstić information content (AvgIpc) is 3.34. The third kappa shape index (κ3) is 3.07. The Morgan fingerprint density at radius 3 is 2.62 bits per heavy atom. The summed E-state index contributed by atoms with van der Waals surface area (Å²) < 4.78 is 15.2. The second-order valence-electron chi connectivity index (χ2n) is 6.04. The Hall–Kier alpha value is -2.93. The van der Waals surface area contributed by atoms with Gasteiger partial charge in [0.2, 0.25) is 0 Å². The zero-order valence-corrected chi connectivity index (χ0v) is 13.3. The fourth-order valence-corrected chi connectivity index (χ4v) is 2.65. The van der Waals surface area contributed by atoms with Crippen LogP contribution in [0.4, 0.5) is 4.39 Å². The monoisotopic (exact) mass is 317 g/mol. The van der Waals surface area contributed by atoms with Gasteiger partial charge >= 0.3 is 0 Å². The van der Waals surface area contributed by atoms with Gasteiger partial charge in [-0.1, -0.05) is 5.92 Å². The van der Waals surface area contributed by atoms with Crippen LogP contribution < -0.4 is 0 Å². The number of aromatic nitrogens is 3. The van der Waals surface area contributed by atoms with E-state index in [0.717, 1.165) is 41.3 Å². The number of benzene rings is 1. The van der Waals surface area contributed by atoms with Crippen LogP contribution in [0.15, 0.2) is 48.8 Å². The Morgan fingerprint density at radius 1 is 1.12 bits per heavy atom. The number of imidazole rings is 1. The molecule has 1 aromatic carbocycles. The van der Waals surface area contributed by atoms with Gasteiger partial charge < -0.3 is 4.57 Å². The summed E-state index contributed by atoms with van der Waals surface area (Å²) in [6, 6.07) is 10.3. The summed E-state index contributed by atoms with van der Waals surface area (Å²) in [6.45, 7) is 1.94. The van der Waals surface area contributed by atoms with Crippen molar-refractivity contribution in [2.75, 3.05) is 0 Å². The lowest BCUT2D eigenvalue weighted by Gasteiger charge is -2.06. The number of hydrogen-bond acceptors (Lipinski definition) is 2. The van der Waals surface area contributed by atoms with E-state index in [2.05, 4.69) is 21.8 Å². The minimum absolute atomic E-state index is 0.236. The van der Waals surface area contributed by atoms with Crippen molar-refractivity contribution in [1.29, 1.82) is 0 Å². The van der Waals surface area contributed by atoms with E-state index in [9.17, 15) is 4.39 Å². The third-order valence-corrected chi connectivity index (χ3v) is 4.01. The van der Waals surface area contributed by atoms with Crippen LogP contribution in [0.25, 0.3) is 5.69 Å². The van der Waals surface area contributed by atoms with Gasteiger partial charge in [0.1, 0.15) is 17.3 Å². The quantitative estimate of drug-likeness (QED) is 0.669. The molecule has 4 heteroatoms. The smallest absolute Gasteiger partial charge is 0.132 e. The van der Waals surface area contributed by atoms with Crippen LogP contribution in [0, 0.1) is 24.6 Å². The van der Waals surface area contributed by atoms with E-state index in [1.54, 1.807) is 18.3 Å². The van der Waals surface area contributed by atoms with Crippen LogP contribution in [-0.2, 0) is 0 Å². The third-order valence-electron chi connectivity index (χ3n) is 4.01. The summed E-state index contributed by atoms with van der Waals surface area (Å²) in [5.74, 6) is 7.52. The van der Waals surface area contributed by atoms with Crippen LogP contribution >= 0.6 is 0 Å². The molecular formula is C20H16FN3. The molecule has 0 unspecified atom stereocenters. The summed E-state index contributed by atoms with van der Waals surface area (Å²) in [5.41, 5.74) is 3.51. The van der Waals surface area contributed by atoms with E-state index in [1.807, 2.05) is 29.8 Å². The van der Waals surface area contributed by atoms with Crippen LogP contribution in [0.5, 0.6) is 0 Å². The summed E-state index contributed by atoms with van der Waals surface area (Å²) in [7, 11) is 0. The van der Waals surface area contributed by atoms with Gasteiger partial charge in [-0.15, -0.1) is 0 Å². The fraction of sp³-hybridized carbons (Fsp3) is 0.200. The van der Waals surface area contributed by atoms with Gasteiger partial charge in [0.05, 0.1) is 0 Å². The minimum Gasteiger partial charge on any atom is -0.302 e. The van der Waals surface area contributed by atoms with Gasteiger partial charge in [-0.3, -0.25) is 4.98 Å². The molecule has 0 atom stereocenters. The fourth-order valence-electron chi connectivity index (χ4n) is 2.65. The molecule has 2 aromatic heterocycles. The molecule has 3 aromatic rings. The standard InChI is InChI=1S/C20H16FN3/c1-14-12-15(10-11-22-14)2-7-18-13-24(20(23-18)16-3-4-16)19-8-5-17(21)6-9-19/h5-6,8-13,16H,3-4H2,1H3. The largest absolute Gasteiger partial charge is 0.302 e. The lowest BCUT2D eigenvalue weighted by molar-refractivity contribution is 0.627. The number of hydrogen-bond donors (Lipinski definition) is 0. The maximum Gasteiger partial charge on any atom is 0.132 e. The van der Waals surface area contributed by atoms with Crippen molar-refractivity contribution in [2.24, 2.45) is 0 Å². The molecule has 1 aliphatic carbocycles. The summed E-state index contributed by atoms with van der Waals surface area (Å²) in [6.07, 6.45) is 5.98. The first-order valence-corrected chi connectivity index (χ1v) is 7.99. The van der Waals surface area contributed by atoms with Gasteiger partial charge in [-0.25, -0.2) is 9.37 Å². The van der Waals surface area contributed by atoms with Crippen molar-refractivity contribution < 1.29 is 4.39 Å². The maximum atomic E-state index is 13.2. The lowest BCUT2D eigenvalue weighted by Crippen LogP contribution is -1.98. The summed E-state index contributed by atoms with van der Waals surface area (Å²) in [5, 5.41) is 0. The number of rotatable bonds is 2. The van der Waals surface area contributed by atoms with Crippen molar-refractivity contribution >= 4 is 0 Å². The summed E-state index contributed by atoms with van der Waals surface area (Å²) >= 11 is 0. The highest BCUT2D eigenvalue weighted by molar-refractivity contribution is 5.43. The van der Waals surface area contributed by atoms with E-state index >= 15 is 0 Å². The Bertz CT molecular complexity index is 941. The second kappa shape index (κ2) is 5.93. The molecule has 0 radical (unpaired) electrons. The van der Waals surface area contributed by atoms with Crippen molar-refractivity contribution in [3.8, 4) is 17.5 Å². The number of aryl methyl sites for hydroxylation is 1. The molecule has 0 bridgehead atoms. The Kier molecular flexibility index (Phi) is 3.62. The molecule has 24 heavy (non-hydrogen) atoms. The molecule has 1 fully saturated rings. The lowest BCUT2D eigenvalue weighted by atomic mass is 10.2. The first kappa shape index (κ1) is 14.6. The van der Waals surface area contributed by atoms with Crippen LogP contribution in [0.3, 0.4) is 0 Å². The Balaban J connectivity index is 1.71. The van der Waals surface area contributed by atoms with Gasteiger partial charge in [0.25, 0.3) is 0 Å². The van der Waals surface area contributed by atoms with Crippen molar-refractivity contribution in [1.82, 2.24) is 14.5 Å². The molecule has 3 nitrogen and oxygen atoms in total. The van der Waals surface area contributed by atoms with Gasteiger partial charge in [0.15, 0.2) is 0 Å². The van der Waals surface area contributed by atoms with Crippen LogP contribution in [0.2, 0.25) is 0 Å². The highest BCUT2D eigenvalue weighted by Gasteiger charge is 2.29. The SMILES string of the molecule is Cc1cc(C#Cc2cn(-c3ccc(F)cc3)c(C3CC3)n2)ccn1. The Morgan fingerprint density at radius 2 is 1.92 bits per heavy atom. The average molecular weight is 317 g/mol. The van der Waals surface area contributed by atoms with E-state index in [-0.39, 0.29) is 5.82 Å². The van der Waals surface area contributed by atoms with Gasteiger partial charge in [0, 0.05) is 35.3 Å². The van der Waals surface area contributed by atoms with Crippen molar-refractivity contribution in [2.45, 2.75) is 25.7 Å². The number of nitrogens with zero attached hydrogens (tertiary/aromatic N) is 3. The molecule has 0 aliphatic heterocycles. The van der Waals surface area contributed by atoms with E-state index in [0.29, 0.717) is 5.92 Å². The number of pyridine rings is 1. The molecule has 2 heterocycles. The topological polar surface area (TPSA) is 30.7 Å². The van der Waals surface area contributed by atoms with Crippen molar-refractivity contribution in [3.05, 3.63) is 77.4 Å². The molecule has 1 saturated carbocycles. The van der Waals surface area contributed by atoms with Crippen molar-refractivity contribution in [3.63, 3.8) is 0 Å². The molecule has 0 amide bonds. The predicted octanol–water partition coefficient (Wildman–Crippen LogP) is 3.99. The minimum atomic E-state index is -0.236. The van der Waals surface area contributed by atoms with Crippen LogP contribution in [0.1, 0.15) is 41.5 Å². The van der Waals surface area contributed by atoms with E-state index in [1.165, 1.54) is 12.1 Å². The maximum absolute atomic E-state index is 13.2. The zero-order valence-electron chi connectivity index (χ0n) is 13.3. The Labute approximate surface area is 140 Å². The van der Waals surface area contributed by atoms with Gasteiger partial charge in [-0.05, 0) is 62.1 Å². The first-order chi connectivity index (χ1) is 11.7. The molecule has 1 aliphatic rings. The normalized spacial score (nSPS) is 13.4. The molecule has 118 valence electrons. The zero-order chi connectivity index (χ0) is 16.5. The van der Waals surface area contributed by atoms with Crippen LogP contribution in [-0.4, -0.2) is 14.5 Å². The number of halogens is 1. The van der Waals surface area contributed by atoms with E-state index in [4.69, 9.17) is 0 Å². The second-order valence-corrected chi connectivity index (χ2v) is 6.04. The molecule has 0 N–H and O–H groups in total. The highest BCUT2D eigenvalue weighted by atomic mass is 19.1. The van der Waals surface area contributed by atoms with E-state index < -0.39 is 0 Å². The first-order valence-electron chi connectivity index (χ1n) is 7.99.